The second kappa shape index (κ2) is 8.65. The zero-order valence-corrected chi connectivity index (χ0v) is 15.0. The summed E-state index contributed by atoms with van der Waals surface area (Å²) < 4.78 is 10.8. The zero-order valence-electron chi connectivity index (χ0n) is 14.1. The first-order valence-corrected chi connectivity index (χ1v) is 9.08. The molecule has 1 aromatic carbocycles. The SMILES string of the molecule is COc1cc(CN(C)CC2CCNCC2)c(SC)cc1OC. The lowest BCUT2D eigenvalue weighted by Crippen LogP contribution is -2.34. The van der Waals surface area contributed by atoms with Gasteiger partial charge in [-0.15, -0.1) is 11.8 Å². The molecule has 0 aliphatic carbocycles. The minimum Gasteiger partial charge on any atom is -0.493 e. The highest BCUT2D eigenvalue weighted by atomic mass is 32.2. The van der Waals surface area contributed by atoms with E-state index in [-0.39, 0.29) is 0 Å². The van der Waals surface area contributed by atoms with Gasteiger partial charge in [0.05, 0.1) is 14.2 Å². The van der Waals surface area contributed by atoms with E-state index in [0.29, 0.717) is 0 Å². The zero-order chi connectivity index (χ0) is 15.9. The molecular weight excluding hydrogens is 296 g/mol. The first-order valence-electron chi connectivity index (χ1n) is 7.86. The molecule has 1 aliphatic heterocycles. The van der Waals surface area contributed by atoms with Gasteiger partial charge in [-0.25, -0.2) is 0 Å². The molecule has 1 aliphatic rings. The van der Waals surface area contributed by atoms with Crippen molar-refractivity contribution in [2.75, 3.05) is 47.2 Å². The van der Waals surface area contributed by atoms with Gasteiger partial charge < -0.3 is 19.7 Å². The maximum absolute atomic E-state index is 5.45. The number of rotatable bonds is 7. The number of piperidine rings is 1. The van der Waals surface area contributed by atoms with Crippen LogP contribution in [-0.4, -0.2) is 52.1 Å². The van der Waals surface area contributed by atoms with Crippen molar-refractivity contribution < 1.29 is 9.47 Å². The molecule has 1 saturated heterocycles. The van der Waals surface area contributed by atoms with Crippen LogP contribution in [0.5, 0.6) is 11.5 Å². The third kappa shape index (κ3) is 4.54. The van der Waals surface area contributed by atoms with E-state index in [1.54, 1.807) is 26.0 Å². The van der Waals surface area contributed by atoms with E-state index in [9.17, 15) is 0 Å². The molecule has 124 valence electrons. The molecule has 22 heavy (non-hydrogen) atoms. The van der Waals surface area contributed by atoms with Crippen LogP contribution in [0.3, 0.4) is 0 Å². The Morgan fingerprint density at radius 3 is 2.41 bits per heavy atom. The van der Waals surface area contributed by atoms with Crippen molar-refractivity contribution in [2.24, 2.45) is 5.92 Å². The van der Waals surface area contributed by atoms with Crippen LogP contribution in [0.15, 0.2) is 17.0 Å². The van der Waals surface area contributed by atoms with Gasteiger partial charge in [0.2, 0.25) is 0 Å². The molecule has 0 spiro atoms. The van der Waals surface area contributed by atoms with E-state index >= 15 is 0 Å². The summed E-state index contributed by atoms with van der Waals surface area (Å²) in [5, 5.41) is 3.43. The monoisotopic (exact) mass is 324 g/mol. The van der Waals surface area contributed by atoms with Crippen molar-refractivity contribution in [3.63, 3.8) is 0 Å². The van der Waals surface area contributed by atoms with Gasteiger partial charge in [0.15, 0.2) is 11.5 Å². The number of thioether (sulfide) groups is 1. The van der Waals surface area contributed by atoms with Crippen LogP contribution < -0.4 is 14.8 Å². The van der Waals surface area contributed by atoms with Gasteiger partial charge in [0.25, 0.3) is 0 Å². The number of hydrogen-bond donors (Lipinski definition) is 1. The fourth-order valence-corrected chi connectivity index (χ4v) is 3.69. The van der Waals surface area contributed by atoms with Gasteiger partial charge in [-0.05, 0) is 62.8 Å². The van der Waals surface area contributed by atoms with E-state index < -0.39 is 0 Å². The second-order valence-corrected chi connectivity index (χ2v) is 6.76. The quantitative estimate of drug-likeness (QED) is 0.780. The maximum atomic E-state index is 5.45. The fourth-order valence-electron chi connectivity index (χ4n) is 3.08. The van der Waals surface area contributed by atoms with Gasteiger partial charge >= 0.3 is 0 Å². The van der Waals surface area contributed by atoms with Crippen LogP contribution in [0.1, 0.15) is 18.4 Å². The van der Waals surface area contributed by atoms with Gasteiger partial charge in [0, 0.05) is 18.0 Å². The van der Waals surface area contributed by atoms with Crippen molar-refractivity contribution in [3.8, 4) is 11.5 Å². The normalized spacial score (nSPS) is 16.0. The number of nitrogens with zero attached hydrogens (tertiary/aromatic N) is 1. The van der Waals surface area contributed by atoms with Crippen LogP contribution >= 0.6 is 11.8 Å². The summed E-state index contributed by atoms with van der Waals surface area (Å²) in [6.07, 6.45) is 4.68. The van der Waals surface area contributed by atoms with Gasteiger partial charge in [-0.1, -0.05) is 0 Å². The minimum atomic E-state index is 0.802. The molecule has 5 heteroatoms. The van der Waals surface area contributed by atoms with Crippen LogP contribution in [-0.2, 0) is 6.54 Å². The summed E-state index contributed by atoms with van der Waals surface area (Å²) in [5.41, 5.74) is 1.31. The van der Waals surface area contributed by atoms with Crippen molar-refractivity contribution in [1.29, 1.82) is 0 Å². The molecule has 1 fully saturated rings. The van der Waals surface area contributed by atoms with Crippen LogP contribution in [0.4, 0.5) is 0 Å². The molecule has 1 aromatic rings. The van der Waals surface area contributed by atoms with Crippen LogP contribution in [0.25, 0.3) is 0 Å². The average molecular weight is 324 g/mol. The number of methoxy groups -OCH3 is 2. The van der Waals surface area contributed by atoms with Gasteiger partial charge in [0.1, 0.15) is 0 Å². The predicted molar refractivity (Wildman–Crippen MR) is 93.3 cm³/mol. The topological polar surface area (TPSA) is 33.7 Å². The first kappa shape index (κ1) is 17.4. The Morgan fingerprint density at radius 1 is 1.18 bits per heavy atom. The Morgan fingerprint density at radius 2 is 1.82 bits per heavy atom. The molecule has 1 N–H and O–H groups in total. The molecule has 0 amide bonds. The number of nitrogens with one attached hydrogen (secondary N) is 1. The largest absolute Gasteiger partial charge is 0.493 e. The molecule has 0 unspecified atom stereocenters. The van der Waals surface area contributed by atoms with Crippen LogP contribution in [0.2, 0.25) is 0 Å². The van der Waals surface area contributed by atoms with Gasteiger partial charge in [-0.2, -0.15) is 0 Å². The standard InChI is InChI=1S/C17H28N2O2S/c1-19(11-13-5-7-18-8-6-13)12-14-9-15(20-2)16(21-3)10-17(14)22-4/h9-10,13,18H,5-8,11-12H2,1-4H3. The Hall–Kier alpha value is -0.910. The summed E-state index contributed by atoms with van der Waals surface area (Å²) in [5.74, 6) is 2.42. The lowest BCUT2D eigenvalue weighted by atomic mass is 9.97. The van der Waals surface area contributed by atoms with E-state index in [1.807, 2.05) is 0 Å². The number of hydrogen-bond acceptors (Lipinski definition) is 5. The molecule has 0 saturated carbocycles. The lowest BCUT2D eigenvalue weighted by molar-refractivity contribution is 0.233. The summed E-state index contributed by atoms with van der Waals surface area (Å²) >= 11 is 1.76. The molecule has 2 rings (SSSR count). The van der Waals surface area contributed by atoms with Crippen molar-refractivity contribution in [1.82, 2.24) is 10.2 Å². The molecular formula is C17H28N2O2S. The highest BCUT2D eigenvalue weighted by Crippen LogP contribution is 2.35. The smallest absolute Gasteiger partial charge is 0.161 e. The molecule has 0 aromatic heterocycles. The van der Waals surface area contributed by atoms with E-state index in [1.165, 1.54) is 23.3 Å². The highest BCUT2D eigenvalue weighted by Gasteiger charge is 2.17. The summed E-state index contributed by atoms with van der Waals surface area (Å²) in [4.78, 5) is 3.69. The fraction of sp³-hybridized carbons (Fsp3) is 0.647. The Bertz CT molecular complexity index is 476. The Kier molecular flexibility index (Phi) is 6.86. The van der Waals surface area contributed by atoms with Crippen LogP contribution in [0, 0.1) is 5.92 Å². The summed E-state index contributed by atoms with van der Waals surface area (Å²) in [6.45, 7) is 4.42. The Balaban J connectivity index is 2.06. The number of benzene rings is 1. The molecule has 0 radical (unpaired) electrons. The average Bonchev–Trinajstić information content (AvgIpc) is 2.55. The Labute approximate surface area is 138 Å². The van der Waals surface area contributed by atoms with Gasteiger partial charge in [-0.3, -0.25) is 0 Å². The molecule has 0 bridgehead atoms. The lowest BCUT2D eigenvalue weighted by Gasteiger charge is -2.28. The highest BCUT2D eigenvalue weighted by molar-refractivity contribution is 7.98. The van der Waals surface area contributed by atoms with Crippen molar-refractivity contribution in [3.05, 3.63) is 17.7 Å². The minimum absolute atomic E-state index is 0.802. The molecule has 1 heterocycles. The summed E-state index contributed by atoms with van der Waals surface area (Å²) in [7, 11) is 5.59. The van der Waals surface area contributed by atoms with E-state index in [2.05, 4.69) is 35.7 Å². The summed E-state index contributed by atoms with van der Waals surface area (Å²) in [6, 6.07) is 4.20. The van der Waals surface area contributed by atoms with E-state index in [0.717, 1.165) is 43.6 Å². The maximum Gasteiger partial charge on any atom is 0.161 e. The van der Waals surface area contributed by atoms with E-state index in [4.69, 9.17) is 9.47 Å². The third-order valence-electron chi connectivity index (χ3n) is 4.26. The third-order valence-corrected chi connectivity index (χ3v) is 5.08. The molecule has 4 nitrogen and oxygen atoms in total. The van der Waals surface area contributed by atoms with Crippen molar-refractivity contribution >= 4 is 11.8 Å². The first-order chi connectivity index (χ1) is 10.7. The molecule has 0 atom stereocenters. The number of ether oxygens (including phenoxy) is 2. The predicted octanol–water partition coefficient (Wildman–Crippen LogP) is 2.86. The van der Waals surface area contributed by atoms with Crippen molar-refractivity contribution in [2.45, 2.75) is 24.3 Å². The second-order valence-electron chi connectivity index (χ2n) is 5.91.